The lowest BCUT2D eigenvalue weighted by Gasteiger charge is -2.26. The Morgan fingerprint density at radius 2 is 1.45 bits per heavy atom. The third-order valence-electron chi connectivity index (χ3n) is 5.02. The van der Waals surface area contributed by atoms with Gasteiger partial charge < -0.3 is 31.9 Å². The maximum absolute atomic E-state index is 12.8. The zero-order valence-corrected chi connectivity index (χ0v) is 19.6. The van der Waals surface area contributed by atoms with E-state index in [4.69, 9.17) is 5.73 Å². The molecule has 0 bridgehead atoms. The fourth-order valence-corrected chi connectivity index (χ4v) is 3.19. The van der Waals surface area contributed by atoms with E-state index in [2.05, 4.69) is 16.0 Å². The Morgan fingerprint density at radius 1 is 0.879 bits per heavy atom. The molecule has 0 radical (unpaired) electrons. The highest BCUT2D eigenvalue weighted by molar-refractivity contribution is 5.94. The second kappa shape index (κ2) is 13.5. The molecule has 0 aliphatic heterocycles. The largest absolute Gasteiger partial charge is 0.480 e. The third kappa shape index (κ3) is 9.58. The second-order valence-corrected chi connectivity index (χ2v) is 8.80. The van der Waals surface area contributed by atoms with Crippen molar-refractivity contribution >= 4 is 23.7 Å². The van der Waals surface area contributed by atoms with Gasteiger partial charge in [-0.05, 0) is 23.8 Å². The summed E-state index contributed by atoms with van der Waals surface area (Å²) in [5, 5.41) is 26.5. The summed E-state index contributed by atoms with van der Waals surface area (Å²) in [6, 6.07) is 4.33. The molecule has 0 saturated carbocycles. The molecule has 0 fully saturated rings. The molecule has 10 nitrogen and oxygen atoms in total. The number of nitrogens with one attached hydrogen (secondary N) is 3. The molecule has 4 unspecified atom stereocenters. The number of aliphatic hydroxyl groups excluding tert-OH is 1. The number of carboxylic acid groups (broad SMARTS) is 1. The number of benzene rings is 1. The number of amides is 3. The predicted octanol–water partition coefficient (Wildman–Crippen LogP) is -0.210. The van der Waals surface area contributed by atoms with Crippen LogP contribution in [0.5, 0.6) is 0 Å². The minimum absolute atomic E-state index is 0.0342. The molecular weight excluding hydrogens is 428 g/mol. The van der Waals surface area contributed by atoms with Gasteiger partial charge in [0.1, 0.15) is 18.1 Å². The van der Waals surface area contributed by atoms with Crippen LogP contribution in [0.1, 0.15) is 39.7 Å². The number of nitrogens with two attached hydrogens (primary N) is 1. The highest BCUT2D eigenvalue weighted by atomic mass is 16.4. The summed E-state index contributed by atoms with van der Waals surface area (Å²) >= 11 is 0. The van der Waals surface area contributed by atoms with Crippen LogP contribution in [0, 0.1) is 11.8 Å². The van der Waals surface area contributed by atoms with Crippen LogP contribution in [0.2, 0.25) is 0 Å². The van der Waals surface area contributed by atoms with E-state index in [1.54, 1.807) is 44.2 Å². The number of hydrogen-bond donors (Lipinski definition) is 6. The lowest BCUT2D eigenvalue weighted by molar-refractivity contribution is -0.142. The van der Waals surface area contributed by atoms with Gasteiger partial charge in [0, 0.05) is 6.42 Å². The standard InChI is InChI=1S/C23H36N4O6/c1-13(2)10-16(24)20(29)27-19(14(3)4)22(31)26-18(12-28)21(30)25-17(23(32)33)11-15-8-6-5-7-9-15/h5-9,13-14,16-19,28H,10-12,24H2,1-4H3,(H,25,30)(H,26,31)(H,27,29)(H,32,33). The molecule has 184 valence electrons. The van der Waals surface area contributed by atoms with Gasteiger partial charge in [0.05, 0.1) is 12.6 Å². The maximum Gasteiger partial charge on any atom is 0.326 e. The minimum Gasteiger partial charge on any atom is -0.480 e. The molecule has 1 aromatic rings. The molecule has 1 aromatic carbocycles. The minimum atomic E-state index is -1.39. The average molecular weight is 465 g/mol. The molecule has 3 amide bonds. The number of aliphatic hydroxyl groups is 1. The molecule has 0 aliphatic rings. The number of carbonyl (C=O) groups excluding carboxylic acids is 3. The smallest absolute Gasteiger partial charge is 0.326 e. The van der Waals surface area contributed by atoms with E-state index >= 15 is 0 Å². The monoisotopic (exact) mass is 464 g/mol. The lowest BCUT2D eigenvalue weighted by atomic mass is 10.00. The summed E-state index contributed by atoms with van der Waals surface area (Å²) < 4.78 is 0. The predicted molar refractivity (Wildman–Crippen MR) is 123 cm³/mol. The van der Waals surface area contributed by atoms with Crippen molar-refractivity contribution in [2.45, 2.75) is 64.7 Å². The fraction of sp³-hybridized carbons (Fsp3) is 0.565. The Morgan fingerprint density at radius 3 is 1.94 bits per heavy atom. The van der Waals surface area contributed by atoms with Crippen molar-refractivity contribution in [3.8, 4) is 0 Å². The van der Waals surface area contributed by atoms with Crippen LogP contribution in [-0.4, -0.2) is 64.7 Å². The summed E-state index contributed by atoms with van der Waals surface area (Å²) in [4.78, 5) is 49.4. The van der Waals surface area contributed by atoms with Crippen molar-refractivity contribution in [3.05, 3.63) is 35.9 Å². The van der Waals surface area contributed by atoms with Crippen LogP contribution in [0.15, 0.2) is 30.3 Å². The van der Waals surface area contributed by atoms with E-state index < -0.39 is 54.5 Å². The first kappa shape index (κ1) is 28.1. The molecule has 0 aromatic heterocycles. The number of hydrogen-bond acceptors (Lipinski definition) is 6. The summed E-state index contributed by atoms with van der Waals surface area (Å²) in [5.74, 6) is -3.40. The van der Waals surface area contributed by atoms with E-state index in [1.807, 2.05) is 13.8 Å². The molecule has 7 N–H and O–H groups in total. The van der Waals surface area contributed by atoms with E-state index in [1.165, 1.54) is 0 Å². The number of aliphatic carboxylic acids is 1. The van der Waals surface area contributed by atoms with E-state index in [0.717, 1.165) is 0 Å². The van der Waals surface area contributed by atoms with Crippen LogP contribution < -0.4 is 21.7 Å². The topological polar surface area (TPSA) is 171 Å². The molecule has 0 saturated heterocycles. The first-order chi connectivity index (χ1) is 15.5. The van der Waals surface area contributed by atoms with Crippen LogP contribution in [0.25, 0.3) is 0 Å². The third-order valence-corrected chi connectivity index (χ3v) is 5.02. The van der Waals surface area contributed by atoms with Gasteiger partial charge in [-0.15, -0.1) is 0 Å². The first-order valence-electron chi connectivity index (χ1n) is 11.0. The molecule has 0 spiro atoms. The number of carbonyl (C=O) groups is 4. The van der Waals surface area contributed by atoms with Crippen LogP contribution >= 0.6 is 0 Å². The Labute approximate surface area is 194 Å². The van der Waals surface area contributed by atoms with Crippen molar-refractivity contribution in [2.24, 2.45) is 17.6 Å². The van der Waals surface area contributed by atoms with Crippen molar-refractivity contribution in [1.29, 1.82) is 0 Å². The van der Waals surface area contributed by atoms with Crippen molar-refractivity contribution in [3.63, 3.8) is 0 Å². The van der Waals surface area contributed by atoms with Crippen molar-refractivity contribution < 1.29 is 29.4 Å². The highest BCUT2D eigenvalue weighted by Gasteiger charge is 2.31. The Kier molecular flexibility index (Phi) is 11.5. The second-order valence-electron chi connectivity index (χ2n) is 8.80. The van der Waals surface area contributed by atoms with Gasteiger partial charge in [-0.25, -0.2) is 4.79 Å². The van der Waals surface area contributed by atoms with Gasteiger partial charge in [0.2, 0.25) is 17.7 Å². The quantitative estimate of drug-likeness (QED) is 0.234. The first-order valence-corrected chi connectivity index (χ1v) is 11.0. The number of carboxylic acids is 1. The molecule has 10 heteroatoms. The average Bonchev–Trinajstić information content (AvgIpc) is 2.74. The van der Waals surface area contributed by atoms with Crippen LogP contribution in [-0.2, 0) is 25.6 Å². The normalized spacial score (nSPS) is 14.8. The zero-order valence-electron chi connectivity index (χ0n) is 19.6. The SMILES string of the molecule is CC(C)CC(N)C(=O)NC(C(=O)NC(CO)C(=O)NC(Cc1ccccc1)C(=O)O)C(C)C. The van der Waals surface area contributed by atoms with Gasteiger partial charge >= 0.3 is 5.97 Å². The Balaban J connectivity index is 2.83. The molecule has 0 aliphatic carbocycles. The van der Waals surface area contributed by atoms with Gasteiger partial charge in [0.15, 0.2) is 0 Å². The van der Waals surface area contributed by atoms with Gasteiger partial charge in [-0.1, -0.05) is 58.0 Å². The molecule has 1 rings (SSSR count). The summed E-state index contributed by atoms with van der Waals surface area (Å²) in [6.45, 7) is 6.53. The number of rotatable bonds is 13. The highest BCUT2D eigenvalue weighted by Crippen LogP contribution is 2.07. The van der Waals surface area contributed by atoms with Gasteiger partial charge in [-0.3, -0.25) is 14.4 Å². The van der Waals surface area contributed by atoms with E-state index in [0.29, 0.717) is 12.0 Å². The van der Waals surface area contributed by atoms with Gasteiger partial charge in [-0.2, -0.15) is 0 Å². The summed E-state index contributed by atoms with van der Waals surface area (Å²) in [7, 11) is 0. The van der Waals surface area contributed by atoms with Crippen molar-refractivity contribution in [2.75, 3.05) is 6.61 Å². The fourth-order valence-electron chi connectivity index (χ4n) is 3.19. The lowest BCUT2D eigenvalue weighted by Crippen LogP contribution is -2.59. The van der Waals surface area contributed by atoms with Crippen molar-refractivity contribution in [1.82, 2.24) is 16.0 Å². The zero-order chi connectivity index (χ0) is 25.1. The molecule has 0 heterocycles. The molecule has 4 atom stereocenters. The molecular formula is C23H36N4O6. The van der Waals surface area contributed by atoms with E-state index in [-0.39, 0.29) is 18.3 Å². The van der Waals surface area contributed by atoms with Crippen LogP contribution in [0.3, 0.4) is 0 Å². The van der Waals surface area contributed by atoms with E-state index in [9.17, 15) is 29.4 Å². The maximum atomic E-state index is 12.8. The van der Waals surface area contributed by atoms with Gasteiger partial charge in [0.25, 0.3) is 0 Å². The molecule has 33 heavy (non-hydrogen) atoms. The Hall–Kier alpha value is -2.98. The summed E-state index contributed by atoms with van der Waals surface area (Å²) in [6.07, 6.45) is 0.477. The summed E-state index contributed by atoms with van der Waals surface area (Å²) in [5.41, 5.74) is 6.59. The van der Waals surface area contributed by atoms with Crippen LogP contribution in [0.4, 0.5) is 0 Å². The Bertz CT molecular complexity index is 799.